The molecule has 0 saturated carbocycles. The third kappa shape index (κ3) is 2.56. The first-order chi connectivity index (χ1) is 10.2. The Balaban J connectivity index is 2.11. The molecule has 102 valence electrons. The molecule has 21 heavy (non-hydrogen) atoms. The predicted molar refractivity (Wildman–Crippen MR) is 82.4 cm³/mol. The van der Waals surface area contributed by atoms with Gasteiger partial charge in [-0.15, -0.1) is 0 Å². The van der Waals surface area contributed by atoms with Gasteiger partial charge in [-0.3, -0.25) is 0 Å². The van der Waals surface area contributed by atoms with Gasteiger partial charge < -0.3 is 4.74 Å². The third-order valence-corrected chi connectivity index (χ3v) is 3.36. The van der Waals surface area contributed by atoms with Gasteiger partial charge in [0.1, 0.15) is 17.4 Å². The second-order valence-corrected chi connectivity index (χ2v) is 5.02. The molecule has 0 aliphatic heterocycles. The van der Waals surface area contributed by atoms with Crippen LogP contribution in [-0.2, 0) is 0 Å². The monoisotopic (exact) mass is 274 g/mol. The molecule has 0 aliphatic carbocycles. The highest BCUT2D eigenvalue weighted by Crippen LogP contribution is 2.29. The van der Waals surface area contributed by atoms with Crippen LogP contribution in [0, 0.1) is 25.2 Å². The average Bonchev–Trinajstić information content (AvgIpc) is 2.50. The summed E-state index contributed by atoms with van der Waals surface area (Å²) in [5.41, 5.74) is 3.38. The lowest BCUT2D eigenvalue weighted by molar-refractivity contribution is 0.459. The fourth-order valence-electron chi connectivity index (χ4n) is 2.18. The maximum Gasteiger partial charge on any atom is 0.237 e. The molecule has 3 heteroatoms. The summed E-state index contributed by atoms with van der Waals surface area (Å²) in [4.78, 5) is 4.47. The molecule has 0 bridgehead atoms. The number of hydrogen-bond acceptors (Lipinski definition) is 3. The minimum atomic E-state index is 0.352. The van der Waals surface area contributed by atoms with Crippen LogP contribution in [0.2, 0.25) is 0 Å². The number of hydrogen-bond donors (Lipinski definition) is 0. The molecule has 0 fully saturated rings. The molecular weight excluding hydrogens is 260 g/mol. The van der Waals surface area contributed by atoms with E-state index in [1.165, 1.54) is 0 Å². The Morgan fingerprint density at radius 2 is 1.86 bits per heavy atom. The maximum atomic E-state index is 9.31. The van der Waals surface area contributed by atoms with Crippen LogP contribution in [0.5, 0.6) is 11.6 Å². The Morgan fingerprint density at radius 1 is 1.05 bits per heavy atom. The minimum Gasteiger partial charge on any atom is -0.437 e. The zero-order chi connectivity index (χ0) is 14.8. The summed E-state index contributed by atoms with van der Waals surface area (Å²) >= 11 is 0. The first-order valence-corrected chi connectivity index (χ1v) is 6.72. The zero-order valence-corrected chi connectivity index (χ0v) is 11.9. The molecule has 3 aromatic rings. The molecule has 0 unspecified atom stereocenters. The summed E-state index contributed by atoms with van der Waals surface area (Å²) in [5.74, 6) is 1.08. The molecule has 3 nitrogen and oxygen atoms in total. The number of nitriles is 1. The Morgan fingerprint density at radius 3 is 2.67 bits per heavy atom. The first kappa shape index (κ1) is 13.1. The van der Waals surface area contributed by atoms with E-state index in [2.05, 4.69) is 11.1 Å². The lowest BCUT2D eigenvalue weighted by Crippen LogP contribution is -1.95. The summed E-state index contributed by atoms with van der Waals surface area (Å²) in [5, 5.41) is 10.2. The minimum absolute atomic E-state index is 0.352. The average molecular weight is 274 g/mol. The molecule has 2 aromatic carbocycles. The van der Waals surface area contributed by atoms with Crippen LogP contribution >= 0.6 is 0 Å². The Hall–Kier alpha value is -2.86. The molecule has 0 spiro atoms. The fourth-order valence-corrected chi connectivity index (χ4v) is 2.18. The van der Waals surface area contributed by atoms with Gasteiger partial charge >= 0.3 is 0 Å². The van der Waals surface area contributed by atoms with Gasteiger partial charge in [-0.2, -0.15) is 5.26 Å². The van der Waals surface area contributed by atoms with Gasteiger partial charge in [0.25, 0.3) is 0 Å². The summed E-state index contributed by atoms with van der Waals surface area (Å²) < 4.78 is 5.89. The number of para-hydroxylation sites is 1. The van der Waals surface area contributed by atoms with Crippen LogP contribution in [0.1, 0.15) is 16.7 Å². The molecule has 0 amide bonds. The second-order valence-electron chi connectivity index (χ2n) is 5.02. The second kappa shape index (κ2) is 5.26. The van der Waals surface area contributed by atoms with Gasteiger partial charge in [-0.25, -0.2) is 4.98 Å². The van der Waals surface area contributed by atoms with Gasteiger partial charge in [0.05, 0.1) is 5.52 Å². The number of ether oxygens (including phenoxy) is 1. The number of fused-ring (bicyclic) bond motifs is 1. The van der Waals surface area contributed by atoms with Crippen LogP contribution in [0.25, 0.3) is 10.9 Å². The molecule has 0 radical (unpaired) electrons. The van der Waals surface area contributed by atoms with Gasteiger partial charge in [0, 0.05) is 5.39 Å². The Kier molecular flexibility index (Phi) is 3.29. The van der Waals surface area contributed by atoms with Crippen molar-refractivity contribution >= 4 is 10.9 Å². The summed E-state index contributed by atoms with van der Waals surface area (Å²) in [6, 6.07) is 17.6. The van der Waals surface area contributed by atoms with Crippen LogP contribution in [0.15, 0.2) is 48.5 Å². The number of aromatic nitrogens is 1. The van der Waals surface area contributed by atoms with Gasteiger partial charge in [-0.1, -0.05) is 30.3 Å². The number of rotatable bonds is 2. The molecular formula is C18H14N2O. The van der Waals surface area contributed by atoms with Crippen molar-refractivity contribution < 1.29 is 4.74 Å². The Labute approximate surface area is 123 Å². The third-order valence-electron chi connectivity index (χ3n) is 3.36. The van der Waals surface area contributed by atoms with E-state index in [1.54, 1.807) is 0 Å². The zero-order valence-electron chi connectivity index (χ0n) is 11.9. The Bertz CT molecular complexity index is 863. The number of pyridine rings is 1. The van der Waals surface area contributed by atoms with Crippen LogP contribution in [0.4, 0.5) is 0 Å². The van der Waals surface area contributed by atoms with Gasteiger partial charge in [0.2, 0.25) is 5.88 Å². The van der Waals surface area contributed by atoms with E-state index in [0.717, 1.165) is 27.8 Å². The standard InChI is InChI=1S/C18H14N2O/c1-12-7-8-13(2)17(9-12)21-18-15(11-19)10-14-5-3-4-6-16(14)20-18/h3-10H,1-2H3. The predicted octanol–water partition coefficient (Wildman–Crippen LogP) is 4.52. The molecule has 0 N–H and O–H groups in total. The number of aryl methyl sites for hydroxylation is 2. The molecule has 0 atom stereocenters. The molecule has 3 rings (SSSR count). The van der Waals surface area contributed by atoms with Crippen molar-refractivity contribution in [2.45, 2.75) is 13.8 Å². The summed E-state index contributed by atoms with van der Waals surface area (Å²) in [6.07, 6.45) is 0. The van der Waals surface area contributed by atoms with Crippen molar-refractivity contribution in [2.24, 2.45) is 0 Å². The topological polar surface area (TPSA) is 45.9 Å². The van der Waals surface area contributed by atoms with Crippen molar-refractivity contribution in [3.8, 4) is 17.7 Å². The SMILES string of the molecule is Cc1ccc(C)c(Oc2nc3ccccc3cc2C#N)c1. The maximum absolute atomic E-state index is 9.31. The van der Waals surface area contributed by atoms with E-state index >= 15 is 0 Å². The van der Waals surface area contributed by atoms with E-state index in [1.807, 2.05) is 62.4 Å². The van der Waals surface area contributed by atoms with Crippen molar-refractivity contribution in [1.29, 1.82) is 5.26 Å². The fraction of sp³-hybridized carbons (Fsp3) is 0.111. The summed E-state index contributed by atoms with van der Waals surface area (Å²) in [6.45, 7) is 3.98. The lowest BCUT2D eigenvalue weighted by Gasteiger charge is -2.10. The highest BCUT2D eigenvalue weighted by Gasteiger charge is 2.10. The van der Waals surface area contributed by atoms with E-state index in [4.69, 9.17) is 4.74 Å². The number of nitrogens with zero attached hydrogens (tertiary/aromatic N) is 2. The van der Waals surface area contributed by atoms with E-state index in [-0.39, 0.29) is 0 Å². The van der Waals surface area contributed by atoms with Crippen LogP contribution in [0.3, 0.4) is 0 Å². The van der Waals surface area contributed by atoms with Crippen molar-refractivity contribution in [1.82, 2.24) is 4.98 Å². The highest BCUT2D eigenvalue weighted by molar-refractivity contribution is 5.81. The quantitative estimate of drug-likeness (QED) is 0.690. The number of benzene rings is 2. The van der Waals surface area contributed by atoms with E-state index in [0.29, 0.717) is 11.4 Å². The van der Waals surface area contributed by atoms with E-state index < -0.39 is 0 Å². The largest absolute Gasteiger partial charge is 0.437 e. The molecule has 0 aliphatic rings. The van der Waals surface area contributed by atoms with E-state index in [9.17, 15) is 5.26 Å². The van der Waals surface area contributed by atoms with Crippen molar-refractivity contribution in [2.75, 3.05) is 0 Å². The molecule has 0 saturated heterocycles. The van der Waals surface area contributed by atoms with Gasteiger partial charge in [-0.05, 0) is 43.2 Å². The molecule has 1 aromatic heterocycles. The lowest BCUT2D eigenvalue weighted by atomic mass is 10.1. The van der Waals surface area contributed by atoms with Crippen molar-refractivity contribution in [3.05, 3.63) is 65.2 Å². The van der Waals surface area contributed by atoms with Crippen LogP contribution < -0.4 is 4.74 Å². The molecule has 1 heterocycles. The summed E-state index contributed by atoms with van der Waals surface area (Å²) in [7, 11) is 0. The van der Waals surface area contributed by atoms with Crippen LogP contribution in [-0.4, -0.2) is 4.98 Å². The smallest absolute Gasteiger partial charge is 0.237 e. The first-order valence-electron chi connectivity index (χ1n) is 6.72. The normalized spacial score (nSPS) is 10.3. The van der Waals surface area contributed by atoms with Crippen molar-refractivity contribution in [3.63, 3.8) is 0 Å². The highest BCUT2D eigenvalue weighted by atomic mass is 16.5. The van der Waals surface area contributed by atoms with Gasteiger partial charge in [0.15, 0.2) is 0 Å².